The van der Waals surface area contributed by atoms with E-state index in [1.54, 1.807) is 17.7 Å². The van der Waals surface area contributed by atoms with Gasteiger partial charge in [-0.1, -0.05) is 37.6 Å². The van der Waals surface area contributed by atoms with Gasteiger partial charge in [0.15, 0.2) is 0 Å². The first-order chi connectivity index (χ1) is 18.7. The largest absolute Gasteiger partial charge is 0.440 e. The van der Waals surface area contributed by atoms with Crippen molar-refractivity contribution in [2.75, 3.05) is 0 Å². The molecule has 2 aromatic heterocycles. The number of fused-ring (bicyclic) bond motifs is 3. The third kappa shape index (κ3) is 3.79. The van der Waals surface area contributed by atoms with Gasteiger partial charge < -0.3 is 15.5 Å². The molecule has 0 saturated carbocycles. The third-order valence-corrected chi connectivity index (χ3v) is 7.73. The van der Waals surface area contributed by atoms with Crippen LogP contribution in [0.15, 0.2) is 70.8 Å². The zero-order valence-electron chi connectivity index (χ0n) is 22.0. The lowest BCUT2D eigenvalue weighted by molar-refractivity contribution is 0.387. The number of aromatic nitrogens is 3. The normalized spacial score (nSPS) is 15.1. The van der Waals surface area contributed by atoms with Gasteiger partial charge in [-0.25, -0.2) is 4.98 Å². The third-order valence-electron chi connectivity index (χ3n) is 7.49. The topological polar surface area (TPSA) is 110 Å². The molecule has 0 bridgehead atoms. The summed E-state index contributed by atoms with van der Waals surface area (Å²) < 4.78 is 7.72. The van der Waals surface area contributed by atoms with Gasteiger partial charge >= 0.3 is 0 Å². The van der Waals surface area contributed by atoms with E-state index in [0.717, 1.165) is 38.9 Å². The number of halogens is 1. The lowest BCUT2D eigenvalue weighted by Crippen LogP contribution is -2.23. The Morgan fingerprint density at radius 1 is 1.15 bits per heavy atom. The van der Waals surface area contributed by atoms with Crippen LogP contribution in [0.2, 0.25) is 5.02 Å². The van der Waals surface area contributed by atoms with E-state index in [0.29, 0.717) is 33.1 Å². The van der Waals surface area contributed by atoms with E-state index in [1.807, 2.05) is 55.5 Å². The molecule has 7 nitrogen and oxygen atoms in total. The zero-order chi connectivity index (χ0) is 27.6. The van der Waals surface area contributed by atoms with Crippen molar-refractivity contribution < 1.29 is 4.74 Å². The van der Waals surface area contributed by atoms with Gasteiger partial charge in [-0.2, -0.15) is 5.26 Å². The number of allylic oxidation sites excluding steroid dienone is 1. The minimum atomic E-state index is -0.513. The Kier molecular flexibility index (Phi) is 5.74. The molecule has 194 valence electrons. The summed E-state index contributed by atoms with van der Waals surface area (Å²) in [7, 11) is 1.73. The second-order valence-corrected chi connectivity index (χ2v) is 10.7. The van der Waals surface area contributed by atoms with Crippen LogP contribution in [0.3, 0.4) is 0 Å². The quantitative estimate of drug-likeness (QED) is 0.278. The monoisotopic (exact) mass is 535 g/mol. The Morgan fingerprint density at radius 2 is 1.92 bits per heavy atom. The Balaban J connectivity index is 1.70. The maximum atomic E-state index is 13.3. The predicted octanol–water partition coefficient (Wildman–Crippen LogP) is 6.39. The molecular weight excluding hydrogens is 510 g/mol. The number of benzene rings is 3. The molecule has 1 unspecified atom stereocenters. The average Bonchev–Trinajstić information content (AvgIpc) is 3.23. The van der Waals surface area contributed by atoms with E-state index in [9.17, 15) is 10.1 Å². The van der Waals surface area contributed by atoms with Gasteiger partial charge in [0.2, 0.25) is 5.88 Å². The molecule has 1 aliphatic rings. The average molecular weight is 536 g/mol. The first-order valence-corrected chi connectivity index (χ1v) is 13.1. The van der Waals surface area contributed by atoms with Gasteiger partial charge in [0.05, 0.1) is 16.8 Å². The highest BCUT2D eigenvalue weighted by Gasteiger charge is 2.36. The number of ether oxygens (including phenoxy) is 1. The Bertz CT molecular complexity index is 1960. The number of aryl methyl sites for hydroxylation is 1. The minimum Gasteiger partial charge on any atom is -0.440 e. The van der Waals surface area contributed by atoms with Crippen molar-refractivity contribution in [1.29, 1.82) is 5.26 Å². The first kappa shape index (κ1) is 24.8. The van der Waals surface area contributed by atoms with Crippen LogP contribution < -0.4 is 16.0 Å². The van der Waals surface area contributed by atoms with Crippen LogP contribution in [-0.2, 0) is 7.05 Å². The number of nitrogens with zero attached hydrogens (tertiary/aromatic N) is 3. The molecule has 39 heavy (non-hydrogen) atoms. The van der Waals surface area contributed by atoms with Crippen LogP contribution in [0.5, 0.6) is 5.75 Å². The van der Waals surface area contributed by atoms with E-state index >= 15 is 0 Å². The molecule has 8 heteroatoms. The fourth-order valence-electron chi connectivity index (χ4n) is 5.61. The highest BCUT2D eigenvalue weighted by Crippen LogP contribution is 2.49. The second-order valence-electron chi connectivity index (χ2n) is 10.2. The summed E-state index contributed by atoms with van der Waals surface area (Å²) in [5.41, 5.74) is 12.4. The van der Waals surface area contributed by atoms with E-state index in [-0.39, 0.29) is 17.4 Å². The molecule has 0 saturated heterocycles. The van der Waals surface area contributed by atoms with Gasteiger partial charge in [0, 0.05) is 39.8 Å². The Labute approximate surface area is 230 Å². The van der Waals surface area contributed by atoms with Crippen molar-refractivity contribution in [3.05, 3.63) is 104 Å². The van der Waals surface area contributed by atoms with Crippen LogP contribution in [0.1, 0.15) is 48.1 Å². The number of H-pyrrole nitrogens is 1. The van der Waals surface area contributed by atoms with Crippen LogP contribution >= 0.6 is 11.6 Å². The van der Waals surface area contributed by atoms with E-state index < -0.39 is 5.92 Å². The molecule has 1 aliphatic heterocycles. The second kappa shape index (κ2) is 9.04. The van der Waals surface area contributed by atoms with Gasteiger partial charge in [-0.15, -0.1) is 0 Å². The van der Waals surface area contributed by atoms with Crippen LogP contribution in [0, 0.1) is 18.3 Å². The zero-order valence-corrected chi connectivity index (χ0v) is 22.7. The van der Waals surface area contributed by atoms with Crippen molar-refractivity contribution in [2.45, 2.75) is 32.6 Å². The molecule has 3 heterocycles. The summed E-state index contributed by atoms with van der Waals surface area (Å²) in [4.78, 5) is 21.6. The molecule has 0 amide bonds. The van der Waals surface area contributed by atoms with E-state index in [2.05, 4.69) is 24.9 Å². The molecule has 3 aromatic carbocycles. The lowest BCUT2D eigenvalue weighted by atomic mass is 9.79. The standard InChI is InChI=1S/C31H26ClN5O2/c1-15(2)20-11-17(30-36-24-8-6-5-7-19(24)31(38)37(30)4)12-22-27(23(14-33)29(34)39-28(20)22)26-16(3)35-25-10-9-18(32)13-21(25)26/h5-13,15,27,35H,34H2,1-4H3. The highest BCUT2D eigenvalue weighted by molar-refractivity contribution is 6.31. The maximum absolute atomic E-state index is 13.3. The smallest absolute Gasteiger partial charge is 0.261 e. The number of aromatic amines is 1. The van der Waals surface area contributed by atoms with Crippen molar-refractivity contribution >= 4 is 33.4 Å². The molecule has 0 spiro atoms. The van der Waals surface area contributed by atoms with Gasteiger partial charge in [-0.05, 0) is 66.4 Å². The van der Waals surface area contributed by atoms with Crippen LogP contribution in [0.25, 0.3) is 33.2 Å². The maximum Gasteiger partial charge on any atom is 0.261 e. The Hall–Kier alpha value is -4.54. The molecular formula is C31H26ClN5O2. The van der Waals surface area contributed by atoms with Crippen molar-refractivity contribution in [2.24, 2.45) is 12.8 Å². The highest BCUT2D eigenvalue weighted by atomic mass is 35.5. The Morgan fingerprint density at radius 3 is 2.67 bits per heavy atom. The summed E-state index contributed by atoms with van der Waals surface area (Å²) in [6.45, 7) is 6.12. The molecule has 6 rings (SSSR count). The van der Waals surface area contributed by atoms with Gasteiger partial charge in [0.1, 0.15) is 23.2 Å². The van der Waals surface area contributed by atoms with Gasteiger partial charge in [-0.3, -0.25) is 9.36 Å². The van der Waals surface area contributed by atoms with Crippen molar-refractivity contribution in [1.82, 2.24) is 14.5 Å². The number of rotatable bonds is 3. The molecule has 0 fully saturated rings. The summed E-state index contributed by atoms with van der Waals surface area (Å²) in [6, 6.07) is 19.2. The number of hydrogen-bond donors (Lipinski definition) is 2. The van der Waals surface area contributed by atoms with E-state index in [4.69, 9.17) is 27.1 Å². The summed E-state index contributed by atoms with van der Waals surface area (Å²) in [5.74, 6) is 0.781. The lowest BCUT2D eigenvalue weighted by Gasteiger charge is -2.30. The molecule has 5 aromatic rings. The first-order valence-electron chi connectivity index (χ1n) is 12.7. The molecule has 3 N–H and O–H groups in total. The summed E-state index contributed by atoms with van der Waals surface area (Å²) >= 11 is 6.41. The fraction of sp³-hybridized carbons (Fsp3) is 0.194. The van der Waals surface area contributed by atoms with Crippen molar-refractivity contribution in [3.63, 3.8) is 0 Å². The molecule has 0 radical (unpaired) electrons. The number of hydrogen-bond acceptors (Lipinski definition) is 5. The fourth-order valence-corrected chi connectivity index (χ4v) is 5.79. The van der Waals surface area contributed by atoms with Crippen molar-refractivity contribution in [3.8, 4) is 23.2 Å². The number of nitriles is 1. The molecule has 1 atom stereocenters. The molecule has 0 aliphatic carbocycles. The van der Waals surface area contributed by atoms with Gasteiger partial charge in [0.25, 0.3) is 5.56 Å². The SMILES string of the molecule is Cc1[nH]c2ccc(Cl)cc2c1C1C(C#N)=C(N)Oc2c(C(C)C)cc(-c3nc4ccccc4c(=O)n3C)cc21. The summed E-state index contributed by atoms with van der Waals surface area (Å²) in [6.07, 6.45) is 0. The summed E-state index contributed by atoms with van der Waals surface area (Å²) in [5, 5.41) is 12.3. The number of para-hydroxylation sites is 1. The minimum absolute atomic E-state index is 0.0618. The van der Waals surface area contributed by atoms with Crippen LogP contribution in [0.4, 0.5) is 0 Å². The van der Waals surface area contributed by atoms with E-state index in [1.165, 1.54) is 0 Å². The number of nitrogens with one attached hydrogen (secondary N) is 1. The predicted molar refractivity (Wildman–Crippen MR) is 154 cm³/mol. The number of nitrogens with two attached hydrogens (primary N) is 1. The van der Waals surface area contributed by atoms with Crippen LogP contribution in [-0.4, -0.2) is 14.5 Å².